The summed E-state index contributed by atoms with van der Waals surface area (Å²) in [4.78, 5) is 12.1. The predicted molar refractivity (Wildman–Crippen MR) is 108 cm³/mol. The fraction of sp³-hybridized carbons (Fsp3) is 0.381. The van der Waals surface area contributed by atoms with E-state index in [9.17, 15) is 4.79 Å². The van der Waals surface area contributed by atoms with Gasteiger partial charge in [0.1, 0.15) is 0 Å². The van der Waals surface area contributed by atoms with Crippen LogP contribution in [0.15, 0.2) is 42.5 Å². The predicted octanol–water partition coefficient (Wildman–Crippen LogP) is 4.40. The lowest BCUT2D eigenvalue weighted by Gasteiger charge is -2.16. The van der Waals surface area contributed by atoms with Crippen LogP contribution in [0.4, 0.5) is 5.69 Å². The van der Waals surface area contributed by atoms with Gasteiger partial charge in [-0.15, -0.1) is 0 Å². The van der Waals surface area contributed by atoms with E-state index in [-0.39, 0.29) is 12.5 Å². The van der Waals surface area contributed by atoms with Gasteiger partial charge in [-0.3, -0.25) is 4.79 Å². The van der Waals surface area contributed by atoms with Crippen molar-refractivity contribution in [2.45, 2.75) is 38.3 Å². The van der Waals surface area contributed by atoms with Gasteiger partial charge in [0.05, 0.1) is 12.1 Å². The minimum atomic E-state index is -0.258. The topological polar surface area (TPSA) is 59.6 Å². The van der Waals surface area contributed by atoms with Crippen LogP contribution < -0.4 is 20.1 Å². The van der Waals surface area contributed by atoms with E-state index in [4.69, 9.17) is 21.1 Å². The molecule has 0 atom stereocenters. The highest BCUT2D eigenvalue weighted by atomic mass is 35.5. The van der Waals surface area contributed by atoms with Crippen LogP contribution in [0.3, 0.4) is 0 Å². The van der Waals surface area contributed by atoms with E-state index in [0.717, 1.165) is 17.8 Å². The Morgan fingerprint density at radius 2 is 1.93 bits per heavy atom. The number of halogens is 1. The second kappa shape index (κ2) is 9.62. The van der Waals surface area contributed by atoms with Gasteiger partial charge in [-0.25, -0.2) is 0 Å². The molecule has 0 saturated heterocycles. The van der Waals surface area contributed by atoms with E-state index >= 15 is 0 Å². The number of methoxy groups -OCH3 is 1. The molecule has 6 heteroatoms. The maximum Gasteiger partial charge on any atom is 0.262 e. The highest BCUT2D eigenvalue weighted by molar-refractivity contribution is 6.32. The summed E-state index contributed by atoms with van der Waals surface area (Å²) in [6.07, 6.45) is 5.03. The molecule has 0 unspecified atom stereocenters. The van der Waals surface area contributed by atoms with Crippen LogP contribution in [0.5, 0.6) is 11.5 Å². The Morgan fingerprint density at radius 3 is 2.63 bits per heavy atom. The molecule has 5 nitrogen and oxygen atoms in total. The van der Waals surface area contributed by atoms with Crippen LogP contribution in [-0.2, 0) is 11.3 Å². The Hall–Kier alpha value is -2.24. The van der Waals surface area contributed by atoms with E-state index in [1.807, 2.05) is 42.5 Å². The molecule has 0 spiro atoms. The molecular weight excluding hydrogens is 364 g/mol. The number of benzene rings is 2. The molecule has 2 aromatic carbocycles. The highest BCUT2D eigenvalue weighted by Crippen LogP contribution is 2.36. The van der Waals surface area contributed by atoms with Crippen LogP contribution in [-0.4, -0.2) is 25.7 Å². The van der Waals surface area contributed by atoms with Crippen molar-refractivity contribution in [2.24, 2.45) is 0 Å². The first kappa shape index (κ1) is 19.5. The number of hydrogen-bond donors (Lipinski definition) is 2. The second-order valence-corrected chi connectivity index (χ2v) is 7.08. The Labute approximate surface area is 165 Å². The number of nitrogens with one attached hydrogen (secondary N) is 2. The molecule has 0 aromatic heterocycles. The molecule has 2 aromatic rings. The molecule has 1 aliphatic rings. The smallest absolute Gasteiger partial charge is 0.262 e. The summed E-state index contributed by atoms with van der Waals surface area (Å²) in [6, 6.07) is 13.6. The number of hydrogen-bond acceptors (Lipinski definition) is 4. The summed E-state index contributed by atoms with van der Waals surface area (Å²) >= 11 is 6.39. The number of para-hydroxylation sites is 1. The molecule has 1 fully saturated rings. The fourth-order valence-electron chi connectivity index (χ4n) is 3.26. The molecule has 0 aliphatic heterocycles. The van der Waals surface area contributed by atoms with Crippen molar-refractivity contribution in [3.63, 3.8) is 0 Å². The summed E-state index contributed by atoms with van der Waals surface area (Å²) < 4.78 is 11.1. The molecule has 144 valence electrons. The first-order chi connectivity index (χ1) is 13.2. The number of anilines is 1. The second-order valence-electron chi connectivity index (χ2n) is 6.67. The summed E-state index contributed by atoms with van der Waals surface area (Å²) in [5.41, 5.74) is 1.75. The zero-order chi connectivity index (χ0) is 19.1. The van der Waals surface area contributed by atoms with Gasteiger partial charge in [0.25, 0.3) is 5.91 Å². The van der Waals surface area contributed by atoms with Crippen molar-refractivity contribution in [3.8, 4) is 11.5 Å². The molecule has 1 aliphatic carbocycles. The van der Waals surface area contributed by atoms with Crippen molar-refractivity contribution >= 4 is 23.2 Å². The van der Waals surface area contributed by atoms with Gasteiger partial charge in [0.2, 0.25) is 0 Å². The lowest BCUT2D eigenvalue weighted by Crippen LogP contribution is -2.25. The van der Waals surface area contributed by atoms with E-state index in [1.54, 1.807) is 7.11 Å². The maximum absolute atomic E-state index is 12.1. The molecule has 3 rings (SSSR count). The summed E-state index contributed by atoms with van der Waals surface area (Å²) in [5, 5.41) is 6.76. The largest absolute Gasteiger partial charge is 0.493 e. The first-order valence-electron chi connectivity index (χ1n) is 9.23. The quantitative estimate of drug-likeness (QED) is 0.703. The molecular formula is C21H25ClN2O3. The van der Waals surface area contributed by atoms with Crippen LogP contribution in [0, 0.1) is 0 Å². The standard InChI is InChI=1S/C21H25ClN2O3/c1-26-19-12-15(13-23-16-7-5-6-8-16)11-18(22)21(19)27-14-20(25)24-17-9-3-2-4-10-17/h2-4,9-12,16,23H,5-8,13-14H2,1H3,(H,24,25). The van der Waals surface area contributed by atoms with Crippen LogP contribution in [0.1, 0.15) is 31.2 Å². The average Bonchev–Trinajstić information content (AvgIpc) is 3.19. The number of carbonyl (C=O) groups is 1. The van der Waals surface area contributed by atoms with Gasteiger partial charge in [0.15, 0.2) is 18.1 Å². The van der Waals surface area contributed by atoms with Crippen LogP contribution in [0.25, 0.3) is 0 Å². The van der Waals surface area contributed by atoms with Gasteiger partial charge in [-0.2, -0.15) is 0 Å². The van der Waals surface area contributed by atoms with Crippen LogP contribution >= 0.6 is 11.6 Å². The van der Waals surface area contributed by atoms with Gasteiger partial charge in [-0.05, 0) is 42.7 Å². The van der Waals surface area contributed by atoms with Crippen molar-refractivity contribution in [2.75, 3.05) is 19.0 Å². The highest BCUT2D eigenvalue weighted by Gasteiger charge is 2.17. The third-order valence-electron chi connectivity index (χ3n) is 4.64. The Morgan fingerprint density at radius 1 is 1.19 bits per heavy atom. The lowest BCUT2D eigenvalue weighted by atomic mass is 10.1. The van der Waals surface area contributed by atoms with Gasteiger partial charge < -0.3 is 20.1 Å². The third-order valence-corrected chi connectivity index (χ3v) is 4.93. The minimum Gasteiger partial charge on any atom is -0.493 e. The van der Waals surface area contributed by atoms with Crippen LogP contribution in [0.2, 0.25) is 5.02 Å². The lowest BCUT2D eigenvalue weighted by molar-refractivity contribution is -0.118. The summed E-state index contributed by atoms with van der Waals surface area (Å²) in [6.45, 7) is 0.583. The number of rotatable bonds is 8. The zero-order valence-electron chi connectivity index (χ0n) is 15.5. The number of carbonyl (C=O) groups excluding carboxylic acids is 1. The normalized spacial score (nSPS) is 14.1. The molecule has 2 N–H and O–H groups in total. The summed E-state index contributed by atoms with van der Waals surface area (Å²) in [7, 11) is 1.57. The van der Waals surface area contributed by atoms with Gasteiger partial charge >= 0.3 is 0 Å². The van der Waals surface area contributed by atoms with Crippen molar-refractivity contribution in [1.29, 1.82) is 0 Å². The Kier molecular flexibility index (Phi) is 6.96. The molecule has 0 radical (unpaired) electrons. The van der Waals surface area contributed by atoms with E-state index in [2.05, 4.69) is 10.6 Å². The number of amides is 1. The molecule has 1 saturated carbocycles. The average molecular weight is 389 g/mol. The fourth-order valence-corrected chi connectivity index (χ4v) is 3.55. The Balaban J connectivity index is 1.59. The van der Waals surface area contributed by atoms with E-state index in [1.165, 1.54) is 25.7 Å². The van der Waals surface area contributed by atoms with E-state index < -0.39 is 0 Å². The molecule has 0 heterocycles. The SMILES string of the molecule is COc1cc(CNC2CCCC2)cc(Cl)c1OCC(=O)Nc1ccccc1. The third kappa shape index (κ3) is 5.62. The molecule has 1 amide bonds. The first-order valence-corrected chi connectivity index (χ1v) is 9.61. The number of ether oxygens (including phenoxy) is 2. The minimum absolute atomic E-state index is 0.148. The molecule has 0 bridgehead atoms. The van der Waals surface area contributed by atoms with Gasteiger partial charge in [0, 0.05) is 18.3 Å². The monoisotopic (exact) mass is 388 g/mol. The Bertz CT molecular complexity index is 762. The van der Waals surface area contributed by atoms with Crippen molar-refractivity contribution in [3.05, 3.63) is 53.1 Å². The van der Waals surface area contributed by atoms with Crippen molar-refractivity contribution < 1.29 is 14.3 Å². The van der Waals surface area contributed by atoms with Crippen molar-refractivity contribution in [1.82, 2.24) is 5.32 Å². The molecule has 27 heavy (non-hydrogen) atoms. The maximum atomic E-state index is 12.1. The van der Waals surface area contributed by atoms with Gasteiger partial charge in [-0.1, -0.05) is 42.6 Å². The van der Waals surface area contributed by atoms with E-state index in [0.29, 0.717) is 22.6 Å². The summed E-state index contributed by atoms with van der Waals surface area (Å²) in [5.74, 6) is 0.650. The zero-order valence-corrected chi connectivity index (χ0v) is 16.2.